The highest BCUT2D eigenvalue weighted by Crippen LogP contribution is 2.26. The maximum Gasteiger partial charge on any atom is 0.230 e. The minimum absolute atomic E-state index is 0.553. The summed E-state index contributed by atoms with van der Waals surface area (Å²) in [7, 11) is 0. The van der Waals surface area contributed by atoms with Gasteiger partial charge < -0.3 is 14.6 Å². The van der Waals surface area contributed by atoms with Crippen molar-refractivity contribution in [2.24, 2.45) is 0 Å². The van der Waals surface area contributed by atoms with Crippen molar-refractivity contribution in [1.29, 1.82) is 0 Å². The van der Waals surface area contributed by atoms with Crippen LogP contribution in [0, 0.1) is 6.92 Å². The molecule has 0 saturated carbocycles. The average Bonchev–Trinajstić information content (AvgIpc) is 2.83. The lowest BCUT2D eigenvalue weighted by Gasteiger charge is -1.88. The van der Waals surface area contributed by atoms with Crippen LogP contribution in [0.15, 0.2) is 39.4 Å². The third-order valence-electron chi connectivity index (χ3n) is 2.39. The number of furan rings is 1. The first-order valence-corrected chi connectivity index (χ1v) is 4.94. The van der Waals surface area contributed by atoms with Gasteiger partial charge in [-0.2, -0.15) is 0 Å². The van der Waals surface area contributed by atoms with Crippen molar-refractivity contribution >= 4 is 16.8 Å². The number of nitrogens with zero attached hydrogens (tertiary/aromatic N) is 1. The molecule has 4 heteroatoms. The lowest BCUT2D eigenvalue weighted by atomic mass is 10.3. The lowest BCUT2D eigenvalue weighted by Crippen LogP contribution is -1.82. The van der Waals surface area contributed by atoms with E-state index >= 15 is 0 Å². The Morgan fingerprint density at radius 3 is 2.88 bits per heavy atom. The van der Waals surface area contributed by atoms with Gasteiger partial charge >= 0.3 is 0 Å². The standard InChI is InChI=1S/C12H10N2O2/c1-7-4-8(6-15-7)12-14-10-5-9(13)2-3-11(10)16-12/h2-6H,13H2,1H3. The monoisotopic (exact) mass is 214 g/mol. The zero-order chi connectivity index (χ0) is 11.1. The van der Waals surface area contributed by atoms with Crippen molar-refractivity contribution < 1.29 is 8.83 Å². The first-order valence-electron chi connectivity index (χ1n) is 4.94. The predicted molar refractivity (Wildman–Crippen MR) is 60.9 cm³/mol. The molecule has 0 spiro atoms. The number of anilines is 1. The molecule has 16 heavy (non-hydrogen) atoms. The Morgan fingerprint density at radius 2 is 2.12 bits per heavy atom. The topological polar surface area (TPSA) is 65.2 Å². The molecule has 4 nitrogen and oxygen atoms in total. The fourth-order valence-corrected chi connectivity index (χ4v) is 1.62. The molecule has 0 atom stereocenters. The van der Waals surface area contributed by atoms with E-state index in [4.69, 9.17) is 14.6 Å². The van der Waals surface area contributed by atoms with Crippen LogP contribution in [-0.2, 0) is 0 Å². The molecule has 0 amide bonds. The second-order valence-electron chi connectivity index (χ2n) is 3.69. The van der Waals surface area contributed by atoms with Crippen LogP contribution in [0.2, 0.25) is 0 Å². The van der Waals surface area contributed by atoms with Gasteiger partial charge in [0.1, 0.15) is 17.5 Å². The summed E-state index contributed by atoms with van der Waals surface area (Å²) in [5.74, 6) is 1.38. The van der Waals surface area contributed by atoms with Crippen molar-refractivity contribution in [2.45, 2.75) is 6.92 Å². The zero-order valence-electron chi connectivity index (χ0n) is 8.73. The molecule has 0 fully saturated rings. The minimum Gasteiger partial charge on any atom is -0.469 e. The van der Waals surface area contributed by atoms with Crippen molar-refractivity contribution in [3.8, 4) is 11.5 Å². The summed E-state index contributed by atoms with van der Waals surface area (Å²) in [6.45, 7) is 1.88. The van der Waals surface area contributed by atoms with E-state index < -0.39 is 0 Å². The SMILES string of the molecule is Cc1cc(-c2nc3cc(N)ccc3o2)co1. The number of benzene rings is 1. The Bertz CT molecular complexity index is 652. The fourth-order valence-electron chi connectivity index (χ4n) is 1.62. The van der Waals surface area contributed by atoms with Gasteiger partial charge in [0.25, 0.3) is 0 Å². The van der Waals surface area contributed by atoms with Gasteiger partial charge in [0, 0.05) is 5.69 Å². The predicted octanol–water partition coefficient (Wildman–Crippen LogP) is 2.98. The van der Waals surface area contributed by atoms with Crippen LogP contribution in [0.1, 0.15) is 5.76 Å². The number of hydrogen-bond acceptors (Lipinski definition) is 4. The second-order valence-corrected chi connectivity index (χ2v) is 3.69. The van der Waals surface area contributed by atoms with Gasteiger partial charge in [0.05, 0.1) is 5.56 Å². The highest BCUT2D eigenvalue weighted by molar-refractivity contribution is 5.79. The Hall–Kier alpha value is -2.23. The molecule has 80 valence electrons. The van der Waals surface area contributed by atoms with E-state index in [-0.39, 0.29) is 0 Å². The van der Waals surface area contributed by atoms with Crippen LogP contribution in [0.3, 0.4) is 0 Å². The summed E-state index contributed by atoms with van der Waals surface area (Å²) in [5.41, 5.74) is 8.68. The molecular formula is C12H10N2O2. The van der Waals surface area contributed by atoms with E-state index in [1.165, 1.54) is 0 Å². The smallest absolute Gasteiger partial charge is 0.230 e. The summed E-state index contributed by atoms with van der Waals surface area (Å²) >= 11 is 0. The second kappa shape index (κ2) is 3.13. The molecule has 0 saturated heterocycles. The van der Waals surface area contributed by atoms with Gasteiger partial charge in [-0.25, -0.2) is 4.98 Å². The molecule has 3 aromatic rings. The largest absolute Gasteiger partial charge is 0.469 e. The molecule has 0 bridgehead atoms. The van der Waals surface area contributed by atoms with E-state index in [0.717, 1.165) is 22.4 Å². The molecule has 0 unspecified atom stereocenters. The van der Waals surface area contributed by atoms with Crippen LogP contribution < -0.4 is 5.73 Å². The molecule has 0 aliphatic rings. The lowest BCUT2D eigenvalue weighted by molar-refractivity contribution is 0.533. The molecule has 0 aliphatic heterocycles. The van der Waals surface area contributed by atoms with E-state index in [9.17, 15) is 0 Å². The molecule has 2 aromatic heterocycles. The van der Waals surface area contributed by atoms with E-state index in [2.05, 4.69) is 4.98 Å². The maximum atomic E-state index is 5.68. The molecule has 0 aliphatic carbocycles. The van der Waals surface area contributed by atoms with Crippen molar-refractivity contribution in [2.75, 3.05) is 5.73 Å². The van der Waals surface area contributed by atoms with Gasteiger partial charge in [-0.3, -0.25) is 0 Å². The Labute approximate surface area is 91.7 Å². The first kappa shape index (κ1) is 9.03. The molecular weight excluding hydrogens is 204 g/mol. The number of oxazole rings is 1. The third kappa shape index (κ3) is 1.35. The quantitative estimate of drug-likeness (QED) is 0.632. The van der Waals surface area contributed by atoms with Crippen LogP contribution in [0.25, 0.3) is 22.6 Å². The summed E-state index contributed by atoms with van der Waals surface area (Å²) in [5, 5.41) is 0. The van der Waals surface area contributed by atoms with Gasteiger partial charge in [0.15, 0.2) is 5.58 Å². The van der Waals surface area contributed by atoms with Crippen LogP contribution in [0.4, 0.5) is 5.69 Å². The summed E-state index contributed by atoms with van der Waals surface area (Å²) in [6.07, 6.45) is 1.63. The number of aryl methyl sites for hydroxylation is 1. The average molecular weight is 214 g/mol. The highest BCUT2D eigenvalue weighted by Gasteiger charge is 2.10. The number of rotatable bonds is 1. The Balaban J connectivity index is 2.18. The van der Waals surface area contributed by atoms with Crippen molar-refractivity contribution in [3.63, 3.8) is 0 Å². The van der Waals surface area contributed by atoms with E-state index in [1.807, 2.05) is 19.1 Å². The van der Waals surface area contributed by atoms with Gasteiger partial charge in [0.2, 0.25) is 5.89 Å². The van der Waals surface area contributed by atoms with Gasteiger partial charge in [-0.1, -0.05) is 0 Å². The maximum absolute atomic E-state index is 5.68. The summed E-state index contributed by atoms with van der Waals surface area (Å²) < 4.78 is 10.8. The number of aromatic nitrogens is 1. The van der Waals surface area contributed by atoms with Gasteiger partial charge in [-0.05, 0) is 31.2 Å². The van der Waals surface area contributed by atoms with E-state index in [0.29, 0.717) is 11.6 Å². The Morgan fingerprint density at radius 1 is 1.25 bits per heavy atom. The van der Waals surface area contributed by atoms with Crippen molar-refractivity contribution in [3.05, 3.63) is 36.3 Å². The first-order chi connectivity index (χ1) is 7.72. The zero-order valence-corrected chi connectivity index (χ0v) is 8.73. The molecule has 0 radical (unpaired) electrons. The van der Waals surface area contributed by atoms with Gasteiger partial charge in [-0.15, -0.1) is 0 Å². The van der Waals surface area contributed by atoms with Crippen molar-refractivity contribution in [1.82, 2.24) is 4.98 Å². The summed E-state index contributed by atoms with van der Waals surface area (Å²) in [4.78, 5) is 4.35. The van der Waals surface area contributed by atoms with Crippen LogP contribution in [0.5, 0.6) is 0 Å². The van der Waals surface area contributed by atoms with Crippen LogP contribution >= 0.6 is 0 Å². The number of nitrogens with two attached hydrogens (primary N) is 1. The number of hydrogen-bond donors (Lipinski definition) is 1. The molecule has 2 heterocycles. The minimum atomic E-state index is 0.553. The van der Waals surface area contributed by atoms with E-state index in [1.54, 1.807) is 18.4 Å². The molecule has 3 rings (SSSR count). The molecule has 1 aromatic carbocycles. The normalized spacial score (nSPS) is 11.1. The number of fused-ring (bicyclic) bond motifs is 1. The highest BCUT2D eigenvalue weighted by atomic mass is 16.4. The summed E-state index contributed by atoms with van der Waals surface area (Å²) in [6, 6.07) is 7.27. The van der Waals surface area contributed by atoms with Crippen LogP contribution in [-0.4, -0.2) is 4.98 Å². The third-order valence-corrected chi connectivity index (χ3v) is 2.39. The number of nitrogen functional groups attached to an aromatic ring is 1. The fraction of sp³-hybridized carbons (Fsp3) is 0.0833. The molecule has 2 N–H and O–H groups in total. The Kier molecular flexibility index (Phi) is 1.77.